The second kappa shape index (κ2) is 8.32. The summed E-state index contributed by atoms with van der Waals surface area (Å²) in [5, 5.41) is 3.65. The average molecular weight is 278 g/mol. The first-order valence-corrected chi connectivity index (χ1v) is 7.94. The first kappa shape index (κ1) is 17.1. The van der Waals surface area contributed by atoms with Gasteiger partial charge in [0.2, 0.25) is 0 Å². The van der Waals surface area contributed by atoms with Crippen LogP contribution < -0.4 is 5.32 Å². The van der Waals surface area contributed by atoms with Crippen LogP contribution in [-0.4, -0.2) is 40.0 Å². The third-order valence-corrected chi connectivity index (χ3v) is 4.44. The molecular weight excluding hydrogens is 248 g/mol. The number of likely N-dealkylation sites (N-methyl/N-ethyl adjacent to an activating group) is 2. The minimum atomic E-state index is 0.0928. The highest BCUT2D eigenvalue weighted by Crippen LogP contribution is 2.36. The Morgan fingerprint density at radius 2 is 1.75 bits per heavy atom. The number of aromatic nitrogens is 2. The summed E-state index contributed by atoms with van der Waals surface area (Å²) < 4.78 is 0. The van der Waals surface area contributed by atoms with Crippen LogP contribution in [0.25, 0.3) is 0 Å². The molecule has 0 aliphatic heterocycles. The van der Waals surface area contributed by atoms with Crippen LogP contribution in [0.1, 0.15) is 59.2 Å². The Kier molecular flexibility index (Phi) is 7.10. The first-order valence-electron chi connectivity index (χ1n) is 7.94. The lowest BCUT2D eigenvalue weighted by atomic mass is 9.80. The molecule has 0 aliphatic carbocycles. The van der Waals surface area contributed by atoms with E-state index in [0.29, 0.717) is 0 Å². The Morgan fingerprint density at radius 1 is 1.10 bits per heavy atom. The molecule has 20 heavy (non-hydrogen) atoms. The van der Waals surface area contributed by atoms with Gasteiger partial charge < -0.3 is 5.32 Å². The average Bonchev–Trinajstić information content (AvgIpc) is 2.52. The van der Waals surface area contributed by atoms with Crippen LogP contribution in [0.4, 0.5) is 0 Å². The maximum atomic E-state index is 4.56. The SMILES string of the molecule is CCNC(c1cnccn1)C(CC)(CC)N(CC)CC. The standard InChI is InChI=1S/C16H30N4/c1-6-16(7-2,20(9-4)10-5)15(18-8-3)14-13-17-11-12-19-14/h11-13,15,18H,6-10H2,1-5H3. The Balaban J connectivity index is 3.24. The lowest BCUT2D eigenvalue weighted by Crippen LogP contribution is -2.56. The molecular formula is C16H30N4. The summed E-state index contributed by atoms with van der Waals surface area (Å²) in [7, 11) is 0. The summed E-state index contributed by atoms with van der Waals surface area (Å²) in [5.74, 6) is 0. The van der Waals surface area contributed by atoms with Gasteiger partial charge in [-0.05, 0) is 32.5 Å². The van der Waals surface area contributed by atoms with E-state index >= 15 is 0 Å². The Bertz CT molecular complexity index is 358. The van der Waals surface area contributed by atoms with Crippen LogP contribution in [0.5, 0.6) is 0 Å². The molecule has 1 heterocycles. The predicted molar refractivity (Wildman–Crippen MR) is 84.7 cm³/mol. The van der Waals surface area contributed by atoms with Gasteiger partial charge in [-0.15, -0.1) is 0 Å². The third kappa shape index (κ3) is 3.36. The molecule has 1 N–H and O–H groups in total. The summed E-state index contributed by atoms with van der Waals surface area (Å²) >= 11 is 0. The van der Waals surface area contributed by atoms with E-state index in [1.165, 1.54) is 0 Å². The fourth-order valence-electron chi connectivity index (χ4n) is 3.38. The molecule has 1 unspecified atom stereocenters. The van der Waals surface area contributed by atoms with Crippen molar-refractivity contribution >= 4 is 0 Å². The van der Waals surface area contributed by atoms with Gasteiger partial charge in [-0.1, -0.05) is 34.6 Å². The van der Waals surface area contributed by atoms with E-state index in [0.717, 1.165) is 38.2 Å². The Hall–Kier alpha value is -1.00. The van der Waals surface area contributed by atoms with Gasteiger partial charge >= 0.3 is 0 Å². The molecule has 4 nitrogen and oxygen atoms in total. The molecule has 4 heteroatoms. The van der Waals surface area contributed by atoms with Crippen molar-refractivity contribution in [3.8, 4) is 0 Å². The molecule has 0 bridgehead atoms. The molecule has 1 rings (SSSR count). The van der Waals surface area contributed by atoms with E-state index in [4.69, 9.17) is 0 Å². The number of rotatable bonds is 9. The number of nitrogens with zero attached hydrogens (tertiary/aromatic N) is 3. The molecule has 0 aliphatic rings. The summed E-state index contributed by atoms with van der Waals surface area (Å²) in [6.45, 7) is 14.2. The molecule has 0 saturated heterocycles. The number of hydrogen-bond acceptors (Lipinski definition) is 4. The van der Waals surface area contributed by atoms with Gasteiger partial charge in [0.15, 0.2) is 0 Å². The fourth-order valence-corrected chi connectivity index (χ4v) is 3.38. The zero-order valence-corrected chi connectivity index (χ0v) is 13.7. The molecule has 1 aromatic heterocycles. The highest BCUT2D eigenvalue weighted by atomic mass is 15.2. The highest BCUT2D eigenvalue weighted by Gasteiger charge is 2.41. The second-order valence-electron chi connectivity index (χ2n) is 5.10. The normalized spacial score (nSPS) is 13.7. The number of hydrogen-bond donors (Lipinski definition) is 1. The van der Waals surface area contributed by atoms with Crippen molar-refractivity contribution < 1.29 is 0 Å². The minimum absolute atomic E-state index is 0.0928. The molecule has 0 spiro atoms. The Morgan fingerprint density at radius 3 is 2.15 bits per heavy atom. The second-order valence-corrected chi connectivity index (χ2v) is 5.10. The lowest BCUT2D eigenvalue weighted by molar-refractivity contribution is 0.0477. The van der Waals surface area contributed by atoms with Crippen LogP contribution in [-0.2, 0) is 0 Å². The van der Waals surface area contributed by atoms with Crippen molar-refractivity contribution in [1.29, 1.82) is 0 Å². The zero-order valence-electron chi connectivity index (χ0n) is 13.7. The monoisotopic (exact) mass is 278 g/mol. The molecule has 0 saturated carbocycles. The van der Waals surface area contributed by atoms with Crippen molar-refractivity contribution in [1.82, 2.24) is 20.2 Å². The van der Waals surface area contributed by atoms with E-state index in [-0.39, 0.29) is 11.6 Å². The quantitative estimate of drug-likeness (QED) is 0.754. The summed E-state index contributed by atoms with van der Waals surface area (Å²) in [4.78, 5) is 11.4. The van der Waals surface area contributed by atoms with Crippen molar-refractivity contribution in [2.24, 2.45) is 0 Å². The predicted octanol–water partition coefficient (Wildman–Crippen LogP) is 3.03. The summed E-state index contributed by atoms with van der Waals surface area (Å²) in [6.07, 6.45) is 7.62. The van der Waals surface area contributed by atoms with Gasteiger partial charge in [0, 0.05) is 17.9 Å². The van der Waals surface area contributed by atoms with Crippen LogP contribution >= 0.6 is 0 Å². The summed E-state index contributed by atoms with van der Waals surface area (Å²) in [6, 6.07) is 0.219. The van der Waals surface area contributed by atoms with Crippen molar-refractivity contribution in [3.63, 3.8) is 0 Å². The van der Waals surface area contributed by atoms with Gasteiger partial charge in [-0.3, -0.25) is 14.9 Å². The zero-order chi connectivity index (χ0) is 15.0. The topological polar surface area (TPSA) is 41.1 Å². The Labute approximate surface area is 124 Å². The van der Waals surface area contributed by atoms with E-state index in [1.807, 2.05) is 6.20 Å². The molecule has 114 valence electrons. The fraction of sp³-hybridized carbons (Fsp3) is 0.750. The third-order valence-electron chi connectivity index (χ3n) is 4.44. The van der Waals surface area contributed by atoms with Gasteiger partial charge in [0.25, 0.3) is 0 Å². The minimum Gasteiger partial charge on any atom is -0.307 e. The maximum Gasteiger partial charge on any atom is 0.0775 e. The smallest absolute Gasteiger partial charge is 0.0775 e. The molecule has 1 atom stereocenters. The summed E-state index contributed by atoms with van der Waals surface area (Å²) in [5.41, 5.74) is 1.14. The van der Waals surface area contributed by atoms with E-state index in [9.17, 15) is 0 Å². The largest absolute Gasteiger partial charge is 0.307 e. The van der Waals surface area contributed by atoms with Gasteiger partial charge in [-0.25, -0.2) is 0 Å². The molecule has 0 amide bonds. The van der Waals surface area contributed by atoms with Crippen LogP contribution in [0.2, 0.25) is 0 Å². The van der Waals surface area contributed by atoms with Crippen molar-refractivity contribution in [2.75, 3.05) is 19.6 Å². The van der Waals surface area contributed by atoms with E-state index in [2.05, 4.69) is 54.8 Å². The molecule has 0 fully saturated rings. The first-order chi connectivity index (χ1) is 9.69. The van der Waals surface area contributed by atoms with Crippen molar-refractivity contribution in [3.05, 3.63) is 24.3 Å². The van der Waals surface area contributed by atoms with Gasteiger partial charge in [0.1, 0.15) is 0 Å². The molecule has 0 radical (unpaired) electrons. The van der Waals surface area contributed by atoms with E-state index < -0.39 is 0 Å². The van der Waals surface area contributed by atoms with Gasteiger partial charge in [0.05, 0.1) is 17.9 Å². The van der Waals surface area contributed by atoms with Crippen molar-refractivity contribution in [2.45, 2.75) is 59.0 Å². The van der Waals surface area contributed by atoms with Gasteiger partial charge in [-0.2, -0.15) is 0 Å². The maximum absolute atomic E-state index is 4.56. The highest BCUT2D eigenvalue weighted by molar-refractivity contribution is 5.13. The van der Waals surface area contributed by atoms with Crippen LogP contribution in [0.15, 0.2) is 18.6 Å². The molecule has 1 aromatic rings. The molecule has 0 aromatic carbocycles. The number of nitrogens with one attached hydrogen (secondary N) is 1. The van der Waals surface area contributed by atoms with Crippen LogP contribution in [0, 0.1) is 0 Å². The van der Waals surface area contributed by atoms with E-state index in [1.54, 1.807) is 12.4 Å². The lowest BCUT2D eigenvalue weighted by Gasteiger charge is -2.47. The van der Waals surface area contributed by atoms with Crippen LogP contribution in [0.3, 0.4) is 0 Å².